The average Bonchev–Trinajstić information content (AvgIpc) is 2.64. The minimum atomic E-state index is -0.143. The molecule has 26 heavy (non-hydrogen) atoms. The van der Waals surface area contributed by atoms with Gasteiger partial charge in [-0.1, -0.05) is 70.4 Å². The van der Waals surface area contributed by atoms with Crippen molar-refractivity contribution in [3.63, 3.8) is 0 Å². The van der Waals surface area contributed by atoms with Crippen molar-refractivity contribution in [3.8, 4) is 0 Å². The van der Waals surface area contributed by atoms with Gasteiger partial charge in [0.25, 0.3) is 0 Å². The van der Waals surface area contributed by atoms with Crippen LogP contribution in [0.25, 0.3) is 0 Å². The van der Waals surface area contributed by atoms with Crippen LogP contribution in [-0.2, 0) is 14.3 Å². The van der Waals surface area contributed by atoms with Crippen LogP contribution in [0.4, 0.5) is 0 Å². The van der Waals surface area contributed by atoms with Gasteiger partial charge in [0, 0.05) is 6.42 Å². The lowest BCUT2D eigenvalue weighted by atomic mass is 10.1. The molecule has 0 heterocycles. The first-order chi connectivity index (χ1) is 12.8. The summed E-state index contributed by atoms with van der Waals surface area (Å²) in [4.78, 5) is 11.5. The van der Waals surface area contributed by atoms with E-state index in [9.17, 15) is 4.79 Å². The number of hydrogen-bond acceptors (Lipinski definition) is 4. The second-order valence-corrected chi connectivity index (χ2v) is 6.89. The van der Waals surface area contributed by atoms with Gasteiger partial charge in [-0.3, -0.25) is 4.79 Å². The maximum atomic E-state index is 11.5. The number of aliphatic hydroxyl groups excluding tert-OH is 1. The van der Waals surface area contributed by atoms with Gasteiger partial charge in [-0.05, 0) is 32.1 Å². The van der Waals surface area contributed by atoms with Gasteiger partial charge in [-0.25, -0.2) is 0 Å². The van der Waals surface area contributed by atoms with Gasteiger partial charge in [-0.15, -0.1) is 0 Å². The molecule has 4 nitrogen and oxygen atoms in total. The van der Waals surface area contributed by atoms with Crippen molar-refractivity contribution >= 4 is 5.97 Å². The van der Waals surface area contributed by atoms with Gasteiger partial charge in [0.15, 0.2) is 0 Å². The quantitative estimate of drug-likeness (QED) is 0.173. The largest absolute Gasteiger partial charge is 0.463 e. The molecule has 0 aromatic rings. The Morgan fingerprint density at radius 3 is 1.96 bits per heavy atom. The number of rotatable bonds is 20. The Balaban J connectivity index is 3.18. The number of hydrogen-bond donors (Lipinski definition) is 1. The summed E-state index contributed by atoms with van der Waals surface area (Å²) in [6, 6.07) is 0. The van der Waals surface area contributed by atoms with Crippen molar-refractivity contribution < 1.29 is 19.4 Å². The van der Waals surface area contributed by atoms with E-state index in [0.717, 1.165) is 12.8 Å². The van der Waals surface area contributed by atoms with Crippen LogP contribution in [0.15, 0.2) is 12.2 Å². The van der Waals surface area contributed by atoms with Crippen molar-refractivity contribution in [2.75, 3.05) is 26.4 Å². The summed E-state index contributed by atoms with van der Waals surface area (Å²) in [5.41, 5.74) is 0. The van der Waals surface area contributed by atoms with Gasteiger partial charge in [-0.2, -0.15) is 0 Å². The van der Waals surface area contributed by atoms with Crippen LogP contribution in [0.1, 0.15) is 96.8 Å². The fourth-order valence-corrected chi connectivity index (χ4v) is 2.79. The second-order valence-electron chi connectivity index (χ2n) is 6.89. The summed E-state index contributed by atoms with van der Waals surface area (Å²) in [6.45, 7) is 3.20. The van der Waals surface area contributed by atoms with Crippen LogP contribution in [0.5, 0.6) is 0 Å². The molecule has 0 saturated heterocycles. The molecule has 0 aromatic carbocycles. The topological polar surface area (TPSA) is 55.8 Å². The van der Waals surface area contributed by atoms with Crippen LogP contribution in [0, 0.1) is 0 Å². The van der Waals surface area contributed by atoms with Crippen molar-refractivity contribution in [2.24, 2.45) is 0 Å². The van der Waals surface area contributed by atoms with Crippen molar-refractivity contribution in [1.82, 2.24) is 0 Å². The molecule has 0 aliphatic carbocycles. The normalized spacial score (nSPS) is 11.3. The molecule has 0 spiro atoms. The summed E-state index contributed by atoms with van der Waals surface area (Å²) in [7, 11) is 0. The van der Waals surface area contributed by atoms with Crippen LogP contribution in [-0.4, -0.2) is 37.5 Å². The molecular formula is C22H42O4. The van der Waals surface area contributed by atoms with Crippen LogP contribution >= 0.6 is 0 Å². The smallest absolute Gasteiger partial charge is 0.305 e. The number of carbonyl (C=O) groups is 1. The van der Waals surface area contributed by atoms with E-state index < -0.39 is 0 Å². The van der Waals surface area contributed by atoms with E-state index in [1.54, 1.807) is 0 Å². The Labute approximate surface area is 161 Å². The van der Waals surface area contributed by atoms with E-state index in [0.29, 0.717) is 19.6 Å². The maximum absolute atomic E-state index is 11.5. The zero-order valence-corrected chi connectivity index (χ0v) is 17.1. The molecule has 0 amide bonds. The molecule has 1 N–H and O–H groups in total. The summed E-state index contributed by atoms with van der Waals surface area (Å²) in [5, 5.41) is 8.54. The van der Waals surface area contributed by atoms with Gasteiger partial charge in [0.2, 0.25) is 0 Å². The summed E-state index contributed by atoms with van der Waals surface area (Å²) < 4.78 is 10.1. The lowest BCUT2D eigenvalue weighted by Crippen LogP contribution is -2.11. The predicted octanol–water partition coefficient (Wildman–Crippen LogP) is 5.58. The highest BCUT2D eigenvalue weighted by molar-refractivity contribution is 5.69. The molecule has 0 saturated carbocycles. The Morgan fingerprint density at radius 1 is 0.769 bits per heavy atom. The molecule has 0 fully saturated rings. The highest BCUT2D eigenvalue weighted by Gasteiger charge is 2.02. The molecule has 0 rings (SSSR count). The van der Waals surface area contributed by atoms with Gasteiger partial charge < -0.3 is 14.6 Å². The molecule has 0 atom stereocenters. The third-order valence-electron chi connectivity index (χ3n) is 4.37. The first kappa shape index (κ1) is 25.1. The lowest BCUT2D eigenvalue weighted by Gasteiger charge is -2.05. The molecule has 4 heteroatoms. The average molecular weight is 371 g/mol. The number of esters is 1. The van der Waals surface area contributed by atoms with E-state index in [4.69, 9.17) is 14.6 Å². The number of unbranched alkanes of at least 4 members (excludes halogenated alkanes) is 11. The molecule has 154 valence electrons. The lowest BCUT2D eigenvalue weighted by molar-refractivity contribution is -0.145. The number of carbonyl (C=O) groups excluding carboxylic acids is 1. The summed E-state index contributed by atoms with van der Waals surface area (Å²) >= 11 is 0. The predicted molar refractivity (Wildman–Crippen MR) is 108 cm³/mol. The second kappa shape index (κ2) is 22.2. The minimum absolute atomic E-state index is 0.00284. The molecule has 0 aliphatic rings. The highest BCUT2D eigenvalue weighted by atomic mass is 16.6. The summed E-state index contributed by atoms with van der Waals surface area (Å²) in [5.74, 6) is -0.143. The van der Waals surface area contributed by atoms with Crippen LogP contribution < -0.4 is 0 Å². The van der Waals surface area contributed by atoms with Gasteiger partial charge in [0.1, 0.15) is 6.61 Å². The zero-order valence-electron chi connectivity index (χ0n) is 17.1. The molecular weight excluding hydrogens is 328 g/mol. The minimum Gasteiger partial charge on any atom is -0.463 e. The Kier molecular flexibility index (Phi) is 21.4. The van der Waals surface area contributed by atoms with E-state index in [-0.39, 0.29) is 19.2 Å². The van der Waals surface area contributed by atoms with Crippen molar-refractivity contribution in [1.29, 1.82) is 0 Å². The maximum Gasteiger partial charge on any atom is 0.305 e. The molecule has 0 aliphatic heterocycles. The number of ether oxygens (including phenoxy) is 2. The monoisotopic (exact) mass is 370 g/mol. The molecule has 0 unspecified atom stereocenters. The van der Waals surface area contributed by atoms with Gasteiger partial charge >= 0.3 is 5.97 Å². The molecule has 0 radical (unpaired) electrons. The Bertz CT molecular complexity index is 315. The number of allylic oxidation sites excluding steroid dienone is 2. The molecule has 0 bridgehead atoms. The Hall–Kier alpha value is -0.870. The highest BCUT2D eigenvalue weighted by Crippen LogP contribution is 2.10. The fraction of sp³-hybridized carbons (Fsp3) is 0.864. The Morgan fingerprint density at radius 2 is 1.35 bits per heavy atom. The third-order valence-corrected chi connectivity index (χ3v) is 4.37. The first-order valence-electron chi connectivity index (χ1n) is 10.8. The van der Waals surface area contributed by atoms with Crippen molar-refractivity contribution in [3.05, 3.63) is 12.2 Å². The van der Waals surface area contributed by atoms with Crippen LogP contribution in [0.3, 0.4) is 0 Å². The van der Waals surface area contributed by atoms with E-state index in [1.807, 2.05) is 0 Å². The van der Waals surface area contributed by atoms with Crippen molar-refractivity contribution in [2.45, 2.75) is 96.8 Å². The first-order valence-corrected chi connectivity index (χ1v) is 10.8. The zero-order chi connectivity index (χ0) is 19.1. The van der Waals surface area contributed by atoms with E-state index >= 15 is 0 Å². The van der Waals surface area contributed by atoms with E-state index in [1.165, 1.54) is 70.6 Å². The van der Waals surface area contributed by atoms with Crippen LogP contribution in [0.2, 0.25) is 0 Å². The molecule has 0 aromatic heterocycles. The standard InChI is InChI=1S/C22H42O4/c1-2-3-4-5-6-7-8-9-10-11-12-13-14-15-16-17-22(24)26-21-20-25-19-18-23/h9-10,23H,2-8,11-21H2,1H3/b10-9-. The van der Waals surface area contributed by atoms with E-state index in [2.05, 4.69) is 19.1 Å². The summed E-state index contributed by atoms with van der Waals surface area (Å²) in [6.07, 6.45) is 21.5. The number of aliphatic hydroxyl groups is 1. The SMILES string of the molecule is CCCCCCCC/C=C\CCCCCCCC(=O)OCCOCCO. The fourth-order valence-electron chi connectivity index (χ4n) is 2.79. The third kappa shape index (κ3) is 21.2. The van der Waals surface area contributed by atoms with Gasteiger partial charge in [0.05, 0.1) is 19.8 Å².